The number of thioether (sulfide) groups is 1. The normalized spacial score (nSPS) is 21.2. The van der Waals surface area contributed by atoms with E-state index in [1.54, 1.807) is 11.8 Å². The van der Waals surface area contributed by atoms with E-state index < -0.39 is 6.10 Å². The van der Waals surface area contributed by atoms with Crippen molar-refractivity contribution in [3.05, 3.63) is 94.0 Å². The Hall–Kier alpha value is -2.51. The number of amides is 1. The molecular formula is C32H36ClNO4S. The zero-order chi connectivity index (χ0) is 27.2. The first-order valence-corrected chi connectivity index (χ1v) is 15.2. The lowest BCUT2D eigenvalue weighted by molar-refractivity contribution is -0.0875. The summed E-state index contributed by atoms with van der Waals surface area (Å²) in [6.45, 7) is 4.31. The van der Waals surface area contributed by atoms with Crippen LogP contribution in [0.1, 0.15) is 65.8 Å². The number of likely N-dealkylation sites (tertiary alicyclic amines) is 1. The van der Waals surface area contributed by atoms with Crippen molar-refractivity contribution in [1.29, 1.82) is 0 Å². The van der Waals surface area contributed by atoms with E-state index in [0.717, 1.165) is 63.9 Å². The van der Waals surface area contributed by atoms with Crippen LogP contribution < -0.4 is 4.74 Å². The van der Waals surface area contributed by atoms with Crippen LogP contribution in [0, 0.1) is 0 Å². The molecule has 0 bridgehead atoms. The Morgan fingerprint density at radius 1 is 1.08 bits per heavy atom. The summed E-state index contributed by atoms with van der Waals surface area (Å²) in [4.78, 5) is 15.8. The number of ether oxygens (including phenoxy) is 2. The molecule has 206 valence electrons. The van der Waals surface area contributed by atoms with Gasteiger partial charge in [-0.25, -0.2) is 0 Å². The Kier molecular flexibility index (Phi) is 9.51. The van der Waals surface area contributed by atoms with E-state index in [4.69, 9.17) is 21.1 Å². The van der Waals surface area contributed by atoms with Gasteiger partial charge in [-0.1, -0.05) is 41.9 Å². The van der Waals surface area contributed by atoms with Crippen molar-refractivity contribution < 1.29 is 19.4 Å². The molecule has 1 N–H and O–H groups in total. The molecule has 2 saturated heterocycles. The summed E-state index contributed by atoms with van der Waals surface area (Å²) >= 11 is 8.25. The van der Waals surface area contributed by atoms with Crippen LogP contribution in [0.3, 0.4) is 0 Å². The van der Waals surface area contributed by atoms with Gasteiger partial charge in [0.25, 0.3) is 5.91 Å². The van der Waals surface area contributed by atoms with Gasteiger partial charge in [-0.3, -0.25) is 4.79 Å². The van der Waals surface area contributed by atoms with Crippen molar-refractivity contribution in [2.45, 2.75) is 62.2 Å². The third-order valence-corrected chi connectivity index (χ3v) is 8.85. The molecule has 0 spiro atoms. The third kappa shape index (κ3) is 7.37. The molecule has 39 heavy (non-hydrogen) atoms. The average molecular weight is 566 g/mol. The average Bonchev–Trinajstić information content (AvgIpc) is 3.49. The fourth-order valence-electron chi connectivity index (χ4n) is 5.34. The van der Waals surface area contributed by atoms with Gasteiger partial charge in [0, 0.05) is 47.2 Å². The van der Waals surface area contributed by atoms with E-state index in [1.165, 1.54) is 0 Å². The second-order valence-electron chi connectivity index (χ2n) is 10.3. The molecule has 5 rings (SSSR count). The maximum atomic E-state index is 12.8. The molecule has 0 aliphatic carbocycles. The number of carbonyl (C=O) groups excluding carboxylic acids is 1. The first-order valence-electron chi connectivity index (χ1n) is 13.8. The van der Waals surface area contributed by atoms with Crippen LogP contribution >= 0.6 is 23.4 Å². The molecular weight excluding hydrogens is 530 g/mol. The molecule has 0 saturated carbocycles. The van der Waals surface area contributed by atoms with E-state index in [1.807, 2.05) is 60.4 Å². The van der Waals surface area contributed by atoms with Gasteiger partial charge in [-0.05, 0) is 79.3 Å². The first kappa shape index (κ1) is 28.0. The molecule has 2 aliphatic rings. The Labute approximate surface area is 240 Å². The largest absolute Gasteiger partial charge is 0.494 e. The lowest BCUT2D eigenvalue weighted by atomic mass is 9.94. The van der Waals surface area contributed by atoms with Gasteiger partial charge < -0.3 is 19.5 Å². The van der Waals surface area contributed by atoms with Crippen LogP contribution in [0.15, 0.2) is 71.6 Å². The van der Waals surface area contributed by atoms with Crippen molar-refractivity contribution >= 4 is 29.3 Å². The highest BCUT2D eigenvalue weighted by Gasteiger charge is 2.30. The zero-order valence-electron chi connectivity index (χ0n) is 22.4. The van der Waals surface area contributed by atoms with Gasteiger partial charge in [-0.2, -0.15) is 0 Å². The summed E-state index contributed by atoms with van der Waals surface area (Å²) in [5.41, 5.74) is 3.96. The fourth-order valence-corrected chi connectivity index (χ4v) is 6.51. The minimum absolute atomic E-state index is 0.0908. The third-order valence-electron chi connectivity index (χ3n) is 7.36. The molecule has 3 atom stereocenters. The van der Waals surface area contributed by atoms with Gasteiger partial charge in [0.15, 0.2) is 0 Å². The maximum Gasteiger partial charge on any atom is 0.253 e. The van der Waals surface area contributed by atoms with E-state index in [9.17, 15) is 9.90 Å². The molecule has 0 radical (unpaired) electrons. The molecule has 2 fully saturated rings. The number of halogens is 1. The number of aliphatic hydroxyl groups excluding tert-OH is 1. The quantitative estimate of drug-likeness (QED) is 0.285. The molecule has 3 aromatic carbocycles. The highest BCUT2D eigenvalue weighted by molar-refractivity contribution is 7.99. The zero-order valence-corrected chi connectivity index (χ0v) is 23.9. The topological polar surface area (TPSA) is 59.0 Å². The summed E-state index contributed by atoms with van der Waals surface area (Å²) in [7, 11) is 0. The summed E-state index contributed by atoms with van der Waals surface area (Å²) < 4.78 is 12.0. The van der Waals surface area contributed by atoms with Gasteiger partial charge in [-0.15, -0.1) is 11.8 Å². The molecule has 5 nitrogen and oxygen atoms in total. The predicted molar refractivity (Wildman–Crippen MR) is 157 cm³/mol. The monoisotopic (exact) mass is 565 g/mol. The summed E-state index contributed by atoms with van der Waals surface area (Å²) in [6, 6.07) is 22.0. The van der Waals surface area contributed by atoms with Crippen molar-refractivity contribution in [3.63, 3.8) is 0 Å². The highest BCUT2D eigenvalue weighted by Crippen LogP contribution is 2.36. The van der Waals surface area contributed by atoms with Crippen LogP contribution in [0.4, 0.5) is 0 Å². The van der Waals surface area contributed by atoms with Crippen LogP contribution in [0.25, 0.3) is 0 Å². The maximum absolute atomic E-state index is 12.8. The summed E-state index contributed by atoms with van der Waals surface area (Å²) in [6.07, 6.45) is 3.32. The van der Waals surface area contributed by atoms with Crippen molar-refractivity contribution in [1.82, 2.24) is 4.90 Å². The minimum atomic E-state index is -0.428. The molecule has 0 aromatic heterocycles. The number of aliphatic hydroxyl groups is 1. The van der Waals surface area contributed by atoms with Gasteiger partial charge in [0.2, 0.25) is 0 Å². The summed E-state index contributed by atoms with van der Waals surface area (Å²) in [5.74, 6) is 1.68. The van der Waals surface area contributed by atoms with E-state index in [-0.39, 0.29) is 18.1 Å². The molecule has 2 heterocycles. The van der Waals surface area contributed by atoms with E-state index >= 15 is 0 Å². The highest BCUT2D eigenvalue weighted by atomic mass is 35.5. The van der Waals surface area contributed by atoms with E-state index in [2.05, 4.69) is 18.2 Å². The number of hydrogen-bond acceptors (Lipinski definition) is 5. The molecule has 7 heteroatoms. The van der Waals surface area contributed by atoms with Crippen molar-refractivity contribution in [3.8, 4) is 5.75 Å². The van der Waals surface area contributed by atoms with Crippen LogP contribution in [-0.4, -0.2) is 53.6 Å². The van der Waals surface area contributed by atoms with Crippen molar-refractivity contribution in [2.24, 2.45) is 0 Å². The predicted octanol–water partition coefficient (Wildman–Crippen LogP) is 6.94. The number of hydrogen-bond donors (Lipinski definition) is 1. The van der Waals surface area contributed by atoms with Crippen LogP contribution in [0.2, 0.25) is 5.02 Å². The van der Waals surface area contributed by atoms with E-state index in [0.29, 0.717) is 31.6 Å². The lowest BCUT2D eigenvalue weighted by Gasteiger charge is -2.33. The molecule has 1 unspecified atom stereocenters. The molecule has 3 aromatic rings. The Morgan fingerprint density at radius 3 is 2.64 bits per heavy atom. The molecule has 1 amide bonds. The summed E-state index contributed by atoms with van der Waals surface area (Å²) in [5, 5.41) is 11.4. The number of benzene rings is 3. The Balaban J connectivity index is 1.22. The Morgan fingerprint density at radius 2 is 1.87 bits per heavy atom. The van der Waals surface area contributed by atoms with Gasteiger partial charge in [0.1, 0.15) is 5.75 Å². The van der Waals surface area contributed by atoms with Crippen LogP contribution in [-0.2, 0) is 11.2 Å². The number of nitrogens with zero attached hydrogens (tertiary/aromatic N) is 1. The first-order chi connectivity index (χ1) is 19.0. The SMILES string of the molecule is CCOc1ccc(Cc2cc([C@H]3C[C@@H](O)CC(CSc4cccc(C(=O)N5CCCC5)c4)O3)ccc2Cl)cc1. The lowest BCUT2D eigenvalue weighted by Crippen LogP contribution is -2.32. The Bertz CT molecular complexity index is 1260. The van der Waals surface area contributed by atoms with Crippen LogP contribution in [0.5, 0.6) is 5.75 Å². The van der Waals surface area contributed by atoms with Crippen molar-refractivity contribution in [2.75, 3.05) is 25.4 Å². The van der Waals surface area contributed by atoms with Gasteiger partial charge in [0.05, 0.1) is 24.9 Å². The minimum Gasteiger partial charge on any atom is -0.494 e. The second kappa shape index (κ2) is 13.2. The fraction of sp³-hybridized carbons (Fsp3) is 0.406. The number of carbonyl (C=O) groups is 1. The molecule has 2 aliphatic heterocycles. The number of rotatable bonds is 9. The smallest absolute Gasteiger partial charge is 0.253 e. The standard InChI is InChI=1S/C32H36ClNO4S/c1-2-37-27-11-8-22(9-12-27)16-25-17-23(10-13-30(25)33)31-20-26(35)19-28(38-31)21-39-29-7-5-6-24(18-29)32(36)34-14-3-4-15-34/h5-13,17-18,26,28,31,35H,2-4,14-16,19-21H2,1H3/t26-,28?,31+/m0/s1. The van der Waals surface area contributed by atoms with Gasteiger partial charge >= 0.3 is 0 Å². The second-order valence-corrected chi connectivity index (χ2v) is 11.8.